The zero-order chi connectivity index (χ0) is 15.3. The molecule has 1 unspecified atom stereocenters. The number of fused-ring (bicyclic) bond motifs is 5. The average Bonchev–Trinajstić information content (AvgIpc) is 2.76. The minimum absolute atomic E-state index is 0.299. The molecule has 1 aliphatic rings. The topological polar surface area (TPSA) is 87.8 Å². The minimum atomic E-state index is -0.490. The third kappa shape index (κ3) is 1.97. The molecule has 3 aromatic rings. The van der Waals surface area contributed by atoms with E-state index in [0.29, 0.717) is 5.95 Å². The Morgan fingerprint density at radius 3 is 3.00 bits per heavy atom. The van der Waals surface area contributed by atoms with Crippen LogP contribution in [0.5, 0.6) is 0 Å². The summed E-state index contributed by atoms with van der Waals surface area (Å²) in [6.07, 6.45) is 4.34. The fourth-order valence-corrected chi connectivity index (χ4v) is 3.26. The zero-order valence-electron chi connectivity index (χ0n) is 12.4. The number of nitrogens with two attached hydrogens (primary N) is 1. The van der Waals surface area contributed by atoms with Gasteiger partial charge in [-0.1, -0.05) is 6.07 Å². The number of hydrogen-bond acceptors (Lipinski definition) is 4. The molecule has 0 saturated heterocycles. The van der Waals surface area contributed by atoms with Gasteiger partial charge in [-0.2, -0.15) is 0 Å². The number of rotatable bonds is 1. The van der Waals surface area contributed by atoms with Gasteiger partial charge in [0.15, 0.2) is 0 Å². The Hall–Kier alpha value is -2.40. The van der Waals surface area contributed by atoms with E-state index in [1.165, 1.54) is 5.69 Å². The van der Waals surface area contributed by atoms with Crippen molar-refractivity contribution in [1.82, 2.24) is 15.0 Å². The number of nitrogens with zero attached hydrogens (tertiary/aromatic N) is 2. The molecule has 1 aromatic carbocycles. The molecule has 0 aliphatic heterocycles. The smallest absolute Gasteiger partial charge is 0.220 e. The van der Waals surface area contributed by atoms with E-state index in [1.54, 1.807) is 6.92 Å². The van der Waals surface area contributed by atoms with Crippen LogP contribution in [0.2, 0.25) is 0 Å². The van der Waals surface area contributed by atoms with Gasteiger partial charge in [0.25, 0.3) is 0 Å². The van der Waals surface area contributed by atoms with Crippen molar-refractivity contribution in [3.63, 3.8) is 0 Å². The number of anilines is 1. The molecule has 1 atom stereocenters. The molecule has 0 bridgehead atoms. The standard InChI is InChI=1S/C17H18N4O/c1-9(22)10-5-6-13-12(7-10)15-14(20-13)4-2-3-11-8-19-17(18)21-16(11)15/h5-9,20,22H,2-4H2,1H3,(H2,18,19,21). The number of H-pyrrole nitrogens is 1. The molecule has 0 fully saturated rings. The molecule has 0 radical (unpaired) electrons. The summed E-state index contributed by atoms with van der Waals surface area (Å²) in [7, 11) is 0. The van der Waals surface area contributed by atoms with Crippen LogP contribution in [0, 0.1) is 0 Å². The second-order valence-electron chi connectivity index (χ2n) is 5.92. The van der Waals surface area contributed by atoms with E-state index in [0.717, 1.165) is 52.5 Å². The predicted molar refractivity (Wildman–Crippen MR) is 86.4 cm³/mol. The normalized spacial score (nSPS) is 15.2. The van der Waals surface area contributed by atoms with Crippen molar-refractivity contribution < 1.29 is 5.11 Å². The lowest BCUT2D eigenvalue weighted by molar-refractivity contribution is 0.199. The molecule has 1 aliphatic carbocycles. The van der Waals surface area contributed by atoms with Crippen LogP contribution in [0.1, 0.15) is 36.3 Å². The summed E-state index contributed by atoms with van der Waals surface area (Å²) < 4.78 is 0. The van der Waals surface area contributed by atoms with E-state index in [9.17, 15) is 5.11 Å². The number of hydrogen-bond donors (Lipinski definition) is 3. The molecule has 2 heterocycles. The Kier molecular flexibility index (Phi) is 2.90. The first kappa shape index (κ1) is 13.3. The largest absolute Gasteiger partial charge is 0.389 e. The third-order valence-electron chi connectivity index (χ3n) is 4.38. The number of aryl methyl sites for hydroxylation is 2. The highest BCUT2D eigenvalue weighted by Crippen LogP contribution is 2.37. The highest BCUT2D eigenvalue weighted by atomic mass is 16.3. The van der Waals surface area contributed by atoms with Crippen molar-refractivity contribution in [3.05, 3.63) is 41.2 Å². The molecule has 0 saturated carbocycles. The Morgan fingerprint density at radius 2 is 2.18 bits per heavy atom. The number of nitrogen functional groups attached to an aromatic ring is 1. The summed E-state index contributed by atoms with van der Waals surface area (Å²) in [6, 6.07) is 6.02. The monoisotopic (exact) mass is 294 g/mol. The van der Waals surface area contributed by atoms with Crippen molar-refractivity contribution in [2.24, 2.45) is 0 Å². The quantitative estimate of drug-likeness (QED) is 0.644. The lowest BCUT2D eigenvalue weighted by Gasteiger charge is -2.08. The lowest BCUT2D eigenvalue weighted by atomic mass is 10.0. The highest BCUT2D eigenvalue weighted by molar-refractivity contribution is 5.98. The first-order valence-electron chi connectivity index (χ1n) is 7.58. The summed E-state index contributed by atoms with van der Waals surface area (Å²) in [6.45, 7) is 1.78. The summed E-state index contributed by atoms with van der Waals surface area (Å²) in [4.78, 5) is 12.1. The third-order valence-corrected chi connectivity index (χ3v) is 4.38. The lowest BCUT2D eigenvalue weighted by Crippen LogP contribution is -2.00. The Labute approximate surface area is 128 Å². The molecule has 5 nitrogen and oxygen atoms in total. The van der Waals surface area contributed by atoms with Crippen molar-refractivity contribution in [2.75, 3.05) is 5.73 Å². The summed E-state index contributed by atoms with van der Waals surface area (Å²) in [5.41, 5.74) is 12.1. The van der Waals surface area contributed by atoms with Gasteiger partial charge in [-0.3, -0.25) is 0 Å². The van der Waals surface area contributed by atoms with Crippen LogP contribution in [0.3, 0.4) is 0 Å². The van der Waals surface area contributed by atoms with Crippen LogP contribution in [0.15, 0.2) is 24.4 Å². The van der Waals surface area contributed by atoms with Crippen LogP contribution >= 0.6 is 0 Å². The number of aliphatic hydroxyl groups excluding tert-OH is 1. The molecule has 0 spiro atoms. The zero-order valence-corrected chi connectivity index (χ0v) is 12.4. The molecule has 22 heavy (non-hydrogen) atoms. The van der Waals surface area contributed by atoms with Crippen LogP contribution in [-0.4, -0.2) is 20.1 Å². The second kappa shape index (κ2) is 4.81. The number of benzene rings is 1. The van der Waals surface area contributed by atoms with Gasteiger partial charge in [-0.05, 0) is 49.4 Å². The first-order valence-corrected chi connectivity index (χ1v) is 7.58. The predicted octanol–water partition coefficient (Wildman–Crippen LogP) is 2.75. The summed E-state index contributed by atoms with van der Waals surface area (Å²) in [5.74, 6) is 0.299. The van der Waals surface area contributed by atoms with Gasteiger partial charge in [0.2, 0.25) is 5.95 Å². The van der Waals surface area contributed by atoms with Gasteiger partial charge in [-0.15, -0.1) is 0 Å². The van der Waals surface area contributed by atoms with Crippen LogP contribution in [-0.2, 0) is 12.8 Å². The maximum absolute atomic E-state index is 9.86. The van der Waals surface area contributed by atoms with Gasteiger partial charge in [0.1, 0.15) is 0 Å². The molecule has 5 heteroatoms. The van der Waals surface area contributed by atoms with Gasteiger partial charge < -0.3 is 15.8 Å². The summed E-state index contributed by atoms with van der Waals surface area (Å²) >= 11 is 0. The van der Waals surface area contributed by atoms with Crippen molar-refractivity contribution in [3.8, 4) is 11.3 Å². The van der Waals surface area contributed by atoms with Crippen LogP contribution in [0.25, 0.3) is 22.2 Å². The Morgan fingerprint density at radius 1 is 1.32 bits per heavy atom. The molecule has 4 N–H and O–H groups in total. The van der Waals surface area contributed by atoms with E-state index in [4.69, 9.17) is 5.73 Å². The Balaban J connectivity index is 2.05. The first-order chi connectivity index (χ1) is 10.6. The average molecular weight is 294 g/mol. The van der Waals surface area contributed by atoms with Crippen LogP contribution in [0.4, 0.5) is 5.95 Å². The molecule has 2 aromatic heterocycles. The van der Waals surface area contributed by atoms with Gasteiger partial charge >= 0.3 is 0 Å². The van der Waals surface area contributed by atoms with Gasteiger partial charge in [0.05, 0.1) is 11.8 Å². The van der Waals surface area contributed by atoms with E-state index in [2.05, 4.69) is 15.0 Å². The fraction of sp³-hybridized carbons (Fsp3) is 0.294. The van der Waals surface area contributed by atoms with Crippen LogP contribution < -0.4 is 5.73 Å². The van der Waals surface area contributed by atoms with E-state index in [1.807, 2.05) is 24.4 Å². The maximum atomic E-state index is 9.86. The van der Waals surface area contributed by atoms with Crippen molar-refractivity contribution in [2.45, 2.75) is 32.3 Å². The minimum Gasteiger partial charge on any atom is -0.389 e. The number of aliphatic hydroxyl groups is 1. The number of aromatic nitrogens is 3. The van der Waals surface area contributed by atoms with Gasteiger partial charge in [-0.25, -0.2) is 9.97 Å². The van der Waals surface area contributed by atoms with E-state index >= 15 is 0 Å². The fourth-order valence-electron chi connectivity index (χ4n) is 3.26. The maximum Gasteiger partial charge on any atom is 0.220 e. The number of nitrogens with one attached hydrogen (secondary N) is 1. The van der Waals surface area contributed by atoms with Gasteiger partial charge in [0, 0.05) is 28.4 Å². The Bertz CT molecular complexity index is 866. The van der Waals surface area contributed by atoms with E-state index in [-0.39, 0.29) is 0 Å². The summed E-state index contributed by atoms with van der Waals surface area (Å²) in [5, 5.41) is 11.0. The second-order valence-corrected chi connectivity index (χ2v) is 5.92. The van der Waals surface area contributed by atoms with E-state index < -0.39 is 6.10 Å². The highest BCUT2D eigenvalue weighted by Gasteiger charge is 2.21. The molecule has 4 rings (SSSR count). The molecular weight excluding hydrogens is 276 g/mol. The number of aromatic amines is 1. The van der Waals surface area contributed by atoms with Crippen molar-refractivity contribution >= 4 is 16.9 Å². The molecule has 112 valence electrons. The van der Waals surface area contributed by atoms with Crippen molar-refractivity contribution in [1.29, 1.82) is 0 Å². The SMILES string of the molecule is CC(O)c1ccc2[nH]c3c(c2c1)-c1nc(N)ncc1CCC3. The molecule has 0 amide bonds. The molecular formula is C17H18N4O.